The third kappa shape index (κ3) is 9.76. The Labute approximate surface area is 119 Å². The second-order valence-electron chi connectivity index (χ2n) is 5.54. The van der Waals surface area contributed by atoms with Gasteiger partial charge in [-0.25, -0.2) is 0 Å². The van der Waals surface area contributed by atoms with Crippen LogP contribution in [-0.2, 0) is 0 Å². The number of allylic oxidation sites excluding steroid dienone is 1. The Kier molecular flexibility index (Phi) is 10.5. The summed E-state index contributed by atoms with van der Waals surface area (Å²) in [6.07, 6.45) is 5.20. The predicted molar refractivity (Wildman–Crippen MR) is 87.5 cm³/mol. The van der Waals surface area contributed by atoms with Crippen LogP contribution in [0.4, 0.5) is 0 Å². The van der Waals surface area contributed by atoms with Crippen LogP contribution in [0.5, 0.6) is 0 Å². The van der Waals surface area contributed by atoms with E-state index >= 15 is 0 Å². The lowest BCUT2D eigenvalue weighted by Crippen LogP contribution is -1.94. The SMILES string of the molecule is CCC(C)CCCCN=C(C)S/C=C(\C)C(C)C. The van der Waals surface area contributed by atoms with Gasteiger partial charge in [0, 0.05) is 6.54 Å². The summed E-state index contributed by atoms with van der Waals surface area (Å²) in [4.78, 5) is 4.61. The predicted octanol–water partition coefficient (Wildman–Crippen LogP) is 5.91. The van der Waals surface area contributed by atoms with Crippen LogP contribution in [0.15, 0.2) is 16.0 Å². The van der Waals surface area contributed by atoms with E-state index in [-0.39, 0.29) is 0 Å². The average Bonchev–Trinajstić information content (AvgIpc) is 2.34. The minimum absolute atomic E-state index is 0.640. The number of nitrogens with zero attached hydrogens (tertiary/aromatic N) is 1. The van der Waals surface area contributed by atoms with Gasteiger partial charge in [-0.05, 0) is 37.5 Å². The molecule has 0 aromatic rings. The number of hydrogen-bond acceptors (Lipinski definition) is 2. The van der Waals surface area contributed by atoms with Gasteiger partial charge in [0.25, 0.3) is 0 Å². The highest BCUT2D eigenvalue weighted by atomic mass is 32.2. The van der Waals surface area contributed by atoms with Crippen molar-refractivity contribution in [3.8, 4) is 0 Å². The van der Waals surface area contributed by atoms with Gasteiger partial charge in [-0.2, -0.15) is 0 Å². The van der Waals surface area contributed by atoms with Crippen LogP contribution < -0.4 is 0 Å². The van der Waals surface area contributed by atoms with E-state index in [4.69, 9.17) is 0 Å². The fourth-order valence-corrected chi connectivity index (χ4v) is 2.19. The van der Waals surface area contributed by atoms with E-state index in [9.17, 15) is 0 Å². The topological polar surface area (TPSA) is 12.4 Å². The molecule has 0 radical (unpaired) electrons. The fourth-order valence-electron chi connectivity index (χ4n) is 1.40. The van der Waals surface area contributed by atoms with E-state index in [0.717, 1.165) is 12.5 Å². The molecule has 0 aromatic carbocycles. The van der Waals surface area contributed by atoms with Crippen LogP contribution in [0, 0.1) is 11.8 Å². The van der Waals surface area contributed by atoms with E-state index in [2.05, 4.69) is 51.9 Å². The van der Waals surface area contributed by atoms with Crippen molar-refractivity contribution in [3.05, 3.63) is 11.0 Å². The number of thioether (sulfide) groups is 1. The van der Waals surface area contributed by atoms with Gasteiger partial charge in [-0.3, -0.25) is 4.99 Å². The van der Waals surface area contributed by atoms with Crippen molar-refractivity contribution in [2.75, 3.05) is 6.54 Å². The summed E-state index contributed by atoms with van der Waals surface area (Å²) in [5.74, 6) is 1.52. The lowest BCUT2D eigenvalue weighted by atomic mass is 10.0. The number of hydrogen-bond donors (Lipinski definition) is 0. The highest BCUT2D eigenvalue weighted by Gasteiger charge is 1.98. The van der Waals surface area contributed by atoms with Gasteiger partial charge in [0.1, 0.15) is 0 Å². The Morgan fingerprint density at radius 3 is 2.39 bits per heavy atom. The highest BCUT2D eigenvalue weighted by Crippen LogP contribution is 2.16. The summed E-state index contributed by atoms with van der Waals surface area (Å²) in [6, 6.07) is 0. The molecule has 0 fully saturated rings. The van der Waals surface area contributed by atoms with Crippen LogP contribution in [0.3, 0.4) is 0 Å². The third-order valence-electron chi connectivity index (χ3n) is 3.46. The summed E-state index contributed by atoms with van der Waals surface area (Å²) < 4.78 is 0. The van der Waals surface area contributed by atoms with E-state index in [1.54, 1.807) is 11.8 Å². The minimum atomic E-state index is 0.640. The molecular formula is C16H31NS. The molecule has 0 rings (SSSR count). The molecule has 0 aromatic heterocycles. The van der Waals surface area contributed by atoms with Crippen LogP contribution >= 0.6 is 11.8 Å². The van der Waals surface area contributed by atoms with Crippen molar-refractivity contribution in [3.63, 3.8) is 0 Å². The third-order valence-corrected chi connectivity index (χ3v) is 4.42. The van der Waals surface area contributed by atoms with Gasteiger partial charge in [0.15, 0.2) is 0 Å². The summed E-state index contributed by atoms with van der Waals surface area (Å²) in [6.45, 7) is 14.4. The monoisotopic (exact) mass is 269 g/mol. The first-order chi connectivity index (χ1) is 8.47. The Bertz CT molecular complexity index is 266. The fraction of sp³-hybridized carbons (Fsp3) is 0.812. The van der Waals surface area contributed by atoms with Crippen molar-refractivity contribution in [1.29, 1.82) is 0 Å². The van der Waals surface area contributed by atoms with Crippen molar-refractivity contribution < 1.29 is 0 Å². The summed E-state index contributed by atoms with van der Waals surface area (Å²) in [5, 5.41) is 3.43. The maximum absolute atomic E-state index is 4.61. The molecule has 0 N–H and O–H groups in total. The second-order valence-corrected chi connectivity index (χ2v) is 6.61. The van der Waals surface area contributed by atoms with Crippen molar-refractivity contribution in [1.82, 2.24) is 0 Å². The molecule has 2 heteroatoms. The molecule has 0 aliphatic heterocycles. The Balaban J connectivity index is 3.75. The maximum Gasteiger partial charge on any atom is 0.0686 e. The van der Waals surface area contributed by atoms with Gasteiger partial charge in [0.05, 0.1) is 5.04 Å². The molecule has 0 aliphatic rings. The largest absolute Gasteiger partial charge is 0.283 e. The Hall–Kier alpha value is -0.240. The second kappa shape index (κ2) is 10.7. The number of rotatable bonds is 8. The molecule has 0 saturated carbocycles. The average molecular weight is 269 g/mol. The Morgan fingerprint density at radius 1 is 1.17 bits per heavy atom. The molecular weight excluding hydrogens is 238 g/mol. The van der Waals surface area contributed by atoms with Crippen molar-refractivity contribution in [2.24, 2.45) is 16.8 Å². The van der Waals surface area contributed by atoms with Crippen LogP contribution in [0.25, 0.3) is 0 Å². The van der Waals surface area contributed by atoms with Crippen LogP contribution in [0.2, 0.25) is 0 Å². The van der Waals surface area contributed by atoms with E-state index < -0.39 is 0 Å². The van der Waals surface area contributed by atoms with Crippen LogP contribution in [-0.4, -0.2) is 11.6 Å². The van der Waals surface area contributed by atoms with Crippen molar-refractivity contribution in [2.45, 2.75) is 67.2 Å². The van der Waals surface area contributed by atoms with E-state index in [1.807, 2.05) is 0 Å². The smallest absolute Gasteiger partial charge is 0.0686 e. The number of unbranched alkanes of at least 4 members (excludes halogenated alkanes) is 1. The molecule has 0 spiro atoms. The van der Waals surface area contributed by atoms with Crippen molar-refractivity contribution >= 4 is 16.8 Å². The zero-order valence-corrected chi connectivity index (χ0v) is 13.9. The van der Waals surface area contributed by atoms with E-state index in [1.165, 1.54) is 36.3 Å². The van der Waals surface area contributed by atoms with Crippen LogP contribution in [0.1, 0.15) is 67.2 Å². The zero-order valence-electron chi connectivity index (χ0n) is 13.1. The molecule has 1 unspecified atom stereocenters. The molecule has 0 bridgehead atoms. The highest BCUT2D eigenvalue weighted by molar-refractivity contribution is 8.16. The molecule has 1 nitrogen and oxygen atoms in total. The molecule has 0 heterocycles. The van der Waals surface area contributed by atoms with Gasteiger partial charge >= 0.3 is 0 Å². The standard InChI is InChI=1S/C16H31NS/c1-7-14(4)10-8-9-11-17-16(6)18-12-15(5)13(2)3/h12-14H,7-11H2,1-6H3/b15-12+,17-16?. The Morgan fingerprint density at radius 2 is 1.83 bits per heavy atom. The molecule has 0 amide bonds. The molecule has 0 saturated heterocycles. The summed E-state index contributed by atoms with van der Waals surface area (Å²) in [5.41, 5.74) is 1.44. The van der Waals surface area contributed by atoms with Gasteiger partial charge in [-0.15, -0.1) is 0 Å². The molecule has 18 heavy (non-hydrogen) atoms. The van der Waals surface area contributed by atoms with Gasteiger partial charge in [0.2, 0.25) is 0 Å². The normalized spacial score (nSPS) is 15.3. The lowest BCUT2D eigenvalue weighted by Gasteiger charge is -2.06. The quantitative estimate of drug-likeness (QED) is 0.303. The molecule has 1 atom stereocenters. The summed E-state index contributed by atoms with van der Waals surface area (Å²) in [7, 11) is 0. The molecule has 0 aliphatic carbocycles. The molecule has 106 valence electrons. The van der Waals surface area contributed by atoms with Gasteiger partial charge < -0.3 is 0 Å². The van der Waals surface area contributed by atoms with Gasteiger partial charge in [-0.1, -0.05) is 64.3 Å². The van der Waals surface area contributed by atoms with E-state index in [0.29, 0.717) is 5.92 Å². The lowest BCUT2D eigenvalue weighted by molar-refractivity contribution is 0.487. The zero-order chi connectivity index (χ0) is 14.0. The first kappa shape index (κ1) is 17.8. The minimum Gasteiger partial charge on any atom is -0.283 e. The number of aliphatic imine (C=N–C) groups is 1. The summed E-state index contributed by atoms with van der Waals surface area (Å²) >= 11 is 1.77. The maximum atomic E-state index is 4.61. The first-order valence-corrected chi connectivity index (χ1v) is 8.19. The first-order valence-electron chi connectivity index (χ1n) is 7.31.